The molecule has 0 spiro atoms. The first-order valence-corrected chi connectivity index (χ1v) is 32.6. The van der Waals surface area contributed by atoms with Crippen LogP contribution in [0, 0.1) is 23.4 Å². The van der Waals surface area contributed by atoms with Crippen molar-refractivity contribution in [1.29, 1.82) is 0 Å². The minimum Gasteiger partial charge on any atom is -0.375 e. The van der Waals surface area contributed by atoms with Gasteiger partial charge in [0.2, 0.25) is 23.6 Å². The maximum absolute atomic E-state index is 15.7. The number of nitrogens with two attached hydrogens (primary N) is 1. The third kappa shape index (κ3) is 16.1. The lowest BCUT2D eigenvalue weighted by Gasteiger charge is -2.40. The van der Waals surface area contributed by atoms with E-state index in [9.17, 15) is 32.8 Å². The fourth-order valence-electron chi connectivity index (χ4n) is 14.1. The number of aromatic amines is 1. The first-order chi connectivity index (χ1) is 43.1. The highest BCUT2D eigenvalue weighted by Crippen LogP contribution is 2.33. The molecule has 5 amide bonds. The van der Waals surface area contributed by atoms with Crippen LogP contribution in [0.5, 0.6) is 0 Å². The van der Waals surface area contributed by atoms with E-state index in [-0.39, 0.29) is 77.9 Å². The zero-order chi connectivity index (χ0) is 62.0. The average Bonchev–Trinajstić information content (AvgIpc) is 4.15. The second kappa shape index (κ2) is 29.5. The molecule has 2 aromatic heterocycles. The summed E-state index contributed by atoms with van der Waals surface area (Å²) in [6.07, 6.45) is 14.0. The molecule has 478 valence electrons. The number of H-pyrrole nitrogens is 1. The Morgan fingerprint density at radius 2 is 1.44 bits per heavy atom. The quantitative estimate of drug-likeness (QED) is 0.0528. The van der Waals surface area contributed by atoms with Gasteiger partial charge in [-0.05, 0) is 124 Å². The molecular formula is C66H85ClF3N13O6. The number of carbonyl (C=O) groups excluding carboxylic acids is 5. The highest BCUT2D eigenvalue weighted by molar-refractivity contribution is 6.30. The van der Waals surface area contributed by atoms with Gasteiger partial charge in [0.05, 0.1) is 47.8 Å². The molecule has 6 N–H and O–H groups in total. The topological polar surface area (TPSA) is 218 Å². The summed E-state index contributed by atoms with van der Waals surface area (Å²) >= 11 is 6.29. The van der Waals surface area contributed by atoms with E-state index in [1.54, 1.807) is 23.4 Å². The molecule has 1 aliphatic carbocycles. The molecule has 2 unspecified atom stereocenters. The number of hydrogen-bond donors (Lipinski definition) is 5. The minimum absolute atomic E-state index is 0.0203. The van der Waals surface area contributed by atoms with Gasteiger partial charge >= 0.3 is 0 Å². The lowest BCUT2D eigenvalue weighted by molar-refractivity contribution is -0.140. The number of amides is 5. The van der Waals surface area contributed by atoms with E-state index in [0.29, 0.717) is 102 Å². The van der Waals surface area contributed by atoms with Crippen LogP contribution in [0.1, 0.15) is 129 Å². The molecule has 6 aliphatic rings. The number of nitrogens with one attached hydrogen (secondary N) is 4. The van der Waals surface area contributed by atoms with Gasteiger partial charge in [0.1, 0.15) is 41.3 Å². The zero-order valence-corrected chi connectivity index (χ0v) is 51.6. The summed E-state index contributed by atoms with van der Waals surface area (Å²) in [5, 5.41) is 10.8. The van der Waals surface area contributed by atoms with E-state index >= 15 is 4.39 Å². The van der Waals surface area contributed by atoms with Gasteiger partial charge < -0.3 is 51.0 Å². The Balaban J connectivity index is 0.599. The lowest BCUT2D eigenvalue weighted by atomic mass is 9.83. The number of benzene rings is 3. The van der Waals surface area contributed by atoms with E-state index in [4.69, 9.17) is 22.1 Å². The number of likely N-dealkylation sites (tertiary alicyclic amines) is 3. The molecule has 7 heterocycles. The third-order valence-electron chi connectivity index (χ3n) is 19.6. The van der Waals surface area contributed by atoms with Gasteiger partial charge in [0.25, 0.3) is 5.91 Å². The number of ether oxygens (including phenoxy) is 1. The van der Waals surface area contributed by atoms with Crippen molar-refractivity contribution < 1.29 is 41.9 Å². The van der Waals surface area contributed by atoms with Crippen molar-refractivity contribution in [2.24, 2.45) is 11.7 Å². The van der Waals surface area contributed by atoms with Crippen LogP contribution < -0.4 is 26.6 Å². The number of anilines is 1. The Hall–Kier alpha value is -6.69. The molecule has 3 aromatic carbocycles. The fraction of sp³-hybridized carbons (Fsp3) is 0.561. The predicted molar refractivity (Wildman–Crippen MR) is 333 cm³/mol. The molecule has 0 radical (unpaired) electrons. The summed E-state index contributed by atoms with van der Waals surface area (Å²) in [5.41, 5.74) is 8.43. The molecule has 19 nitrogen and oxygen atoms in total. The van der Waals surface area contributed by atoms with Crippen LogP contribution in [0.15, 0.2) is 79.3 Å². The summed E-state index contributed by atoms with van der Waals surface area (Å²) in [5.74, 6) is -2.43. The zero-order valence-electron chi connectivity index (χ0n) is 50.8. The maximum Gasteiger partial charge on any atom is 0.254 e. The van der Waals surface area contributed by atoms with Crippen molar-refractivity contribution in [3.05, 3.63) is 124 Å². The van der Waals surface area contributed by atoms with Crippen LogP contribution in [0.4, 0.5) is 19.0 Å². The standard InChI is InChI=1S/C66H85ClF3N13O6/c67-49-12-8-44(9-13-49)57(76-65(88)66(71)22-31-81(32-23-66)62-53-16-24-73-61(53)74-43-75-62)21-28-78-33-35-80(36-34-78)59(85)42-79-26-17-51(18-27-79)89-52-19-29-82(30-20-52)64(87)60(45-5-2-1-3-6-45)77-63(86)54-37-46(11-15-55(54)69)48-7-4-25-83(41-48)58(84)40-72-39-47-10-14-50(68)38-56(47)70/h8-16,24,37-38,43,45,48,51-52,57,60,72H,1-7,17-23,25-36,39-42,71H2,(H,76,88)(H,77,86)(H,73,74,75)/t48?,57-,60?/m0/s1. The Kier molecular flexibility index (Phi) is 21.2. The summed E-state index contributed by atoms with van der Waals surface area (Å²) in [6, 6.07) is 16.3. The summed E-state index contributed by atoms with van der Waals surface area (Å²) in [4.78, 5) is 93.9. The molecule has 11 rings (SSSR count). The van der Waals surface area contributed by atoms with E-state index in [0.717, 1.165) is 118 Å². The number of nitrogens with zero attached hydrogens (tertiary/aromatic N) is 8. The van der Waals surface area contributed by atoms with Crippen LogP contribution in [0.3, 0.4) is 0 Å². The smallest absolute Gasteiger partial charge is 0.254 e. The fourth-order valence-corrected chi connectivity index (χ4v) is 14.2. The third-order valence-corrected chi connectivity index (χ3v) is 19.8. The molecular weight excluding hydrogens is 1160 g/mol. The highest BCUT2D eigenvalue weighted by Gasteiger charge is 2.41. The number of piperidine rings is 4. The molecule has 23 heteroatoms. The summed E-state index contributed by atoms with van der Waals surface area (Å²) in [6.45, 7) is 8.37. The Morgan fingerprint density at radius 3 is 2.17 bits per heavy atom. The highest BCUT2D eigenvalue weighted by atomic mass is 35.5. The normalized spacial score (nSPS) is 21.0. The molecule has 6 fully saturated rings. The predicted octanol–water partition coefficient (Wildman–Crippen LogP) is 7.06. The number of carbonyl (C=O) groups is 5. The van der Waals surface area contributed by atoms with Gasteiger partial charge in [0.15, 0.2) is 0 Å². The SMILES string of the molecule is NC1(C(=O)N[C@@H](CCN2CCN(C(=O)CN3CCC(OC4CCN(C(=O)C(NC(=O)c5cc(C6CCCN(C(=O)CNCc7ccc(F)cc7F)C6)ccc5F)C5CCCCC5)CC4)CC3)CC2)c2ccc(Cl)cc2)CCN(c2ncnc3[nH]ccc23)CC1. The van der Waals surface area contributed by atoms with Gasteiger partial charge in [-0.25, -0.2) is 23.1 Å². The van der Waals surface area contributed by atoms with Crippen molar-refractivity contribution in [2.45, 2.75) is 132 Å². The van der Waals surface area contributed by atoms with Gasteiger partial charge in [-0.15, -0.1) is 0 Å². The largest absolute Gasteiger partial charge is 0.375 e. The molecule has 5 aliphatic heterocycles. The Morgan fingerprint density at radius 1 is 0.708 bits per heavy atom. The molecule has 5 saturated heterocycles. The lowest BCUT2D eigenvalue weighted by Crippen LogP contribution is -2.60. The second-order valence-electron chi connectivity index (χ2n) is 25.4. The Labute approximate surface area is 523 Å². The summed E-state index contributed by atoms with van der Waals surface area (Å²) in [7, 11) is 0. The number of hydrogen-bond acceptors (Lipinski definition) is 13. The molecule has 89 heavy (non-hydrogen) atoms. The van der Waals surface area contributed by atoms with E-state index < -0.39 is 34.9 Å². The average molecular weight is 1250 g/mol. The van der Waals surface area contributed by atoms with Crippen LogP contribution >= 0.6 is 11.6 Å². The van der Waals surface area contributed by atoms with Crippen LogP contribution in [0.25, 0.3) is 11.0 Å². The number of rotatable bonds is 20. The number of piperazine rings is 1. The second-order valence-corrected chi connectivity index (χ2v) is 25.8. The van der Waals surface area contributed by atoms with Crippen molar-refractivity contribution in [3.63, 3.8) is 0 Å². The first kappa shape index (κ1) is 63.9. The van der Waals surface area contributed by atoms with Crippen LogP contribution in [-0.4, -0.2) is 191 Å². The van der Waals surface area contributed by atoms with Crippen LogP contribution in [-0.2, 0) is 30.5 Å². The first-order valence-electron chi connectivity index (χ1n) is 32.2. The maximum atomic E-state index is 15.7. The summed E-state index contributed by atoms with van der Waals surface area (Å²) < 4.78 is 49.9. The van der Waals surface area contributed by atoms with Crippen molar-refractivity contribution >= 4 is 58.0 Å². The van der Waals surface area contributed by atoms with Crippen molar-refractivity contribution in [2.75, 3.05) is 103 Å². The number of halogens is 4. The minimum atomic E-state index is -1.04. The molecule has 3 atom stereocenters. The molecule has 5 aromatic rings. The monoisotopic (exact) mass is 1250 g/mol. The van der Waals surface area contributed by atoms with E-state index in [1.165, 1.54) is 18.2 Å². The van der Waals surface area contributed by atoms with Gasteiger partial charge in [0, 0.05) is 120 Å². The van der Waals surface area contributed by atoms with Crippen LogP contribution in [0.2, 0.25) is 5.02 Å². The van der Waals surface area contributed by atoms with Gasteiger partial charge in [-0.1, -0.05) is 55.1 Å². The number of aromatic nitrogens is 3. The number of fused-ring (bicyclic) bond motifs is 1. The van der Waals surface area contributed by atoms with Gasteiger partial charge in [-0.2, -0.15) is 0 Å². The van der Waals surface area contributed by atoms with Gasteiger partial charge in [-0.3, -0.25) is 33.8 Å². The molecule has 1 saturated carbocycles. The molecule has 0 bridgehead atoms. The van der Waals surface area contributed by atoms with Crippen molar-refractivity contribution in [1.82, 2.24) is 55.4 Å². The van der Waals surface area contributed by atoms with E-state index in [1.807, 2.05) is 46.3 Å². The van der Waals surface area contributed by atoms with Crippen molar-refractivity contribution in [3.8, 4) is 0 Å². The van der Waals surface area contributed by atoms with E-state index in [2.05, 4.69) is 45.6 Å². The Bertz CT molecular complexity index is 3250.